The summed E-state index contributed by atoms with van der Waals surface area (Å²) >= 11 is 0. The SMILES string of the molecule is Cc1cc(/C=C(\C#N)C(=O)Nc2ccccc2F)c(C)n1-c1ccccc1. The summed E-state index contributed by atoms with van der Waals surface area (Å²) in [5.74, 6) is -1.20. The predicted molar refractivity (Wildman–Crippen MR) is 104 cm³/mol. The van der Waals surface area contributed by atoms with E-state index in [4.69, 9.17) is 0 Å². The summed E-state index contributed by atoms with van der Waals surface area (Å²) in [5.41, 5.74) is 3.60. The number of para-hydroxylation sites is 2. The number of hydrogen-bond donors (Lipinski definition) is 1. The average Bonchev–Trinajstić information content (AvgIpc) is 2.95. The standard InChI is InChI=1S/C22H18FN3O/c1-15-12-17(16(2)26(15)19-8-4-3-5-9-19)13-18(14-24)22(27)25-21-11-7-6-10-20(21)23/h3-13H,1-2H3,(H,25,27)/b18-13+. The van der Waals surface area contributed by atoms with Gasteiger partial charge in [-0.25, -0.2) is 4.39 Å². The molecule has 3 aromatic rings. The maximum atomic E-state index is 13.7. The highest BCUT2D eigenvalue weighted by Gasteiger charge is 2.15. The summed E-state index contributed by atoms with van der Waals surface area (Å²) in [6.45, 7) is 3.89. The van der Waals surface area contributed by atoms with Gasteiger partial charge in [-0.2, -0.15) is 5.26 Å². The fourth-order valence-corrected chi connectivity index (χ4v) is 2.96. The second kappa shape index (κ2) is 7.71. The number of nitriles is 1. The number of aromatic nitrogens is 1. The lowest BCUT2D eigenvalue weighted by Gasteiger charge is -2.09. The average molecular weight is 359 g/mol. The Morgan fingerprint density at radius 2 is 1.78 bits per heavy atom. The minimum atomic E-state index is -0.646. The number of anilines is 1. The lowest BCUT2D eigenvalue weighted by atomic mass is 10.1. The summed E-state index contributed by atoms with van der Waals surface area (Å²) in [6.07, 6.45) is 1.53. The van der Waals surface area contributed by atoms with Crippen molar-refractivity contribution < 1.29 is 9.18 Å². The topological polar surface area (TPSA) is 57.8 Å². The number of carbonyl (C=O) groups excluding carboxylic acids is 1. The third-order valence-corrected chi connectivity index (χ3v) is 4.27. The lowest BCUT2D eigenvalue weighted by Crippen LogP contribution is -2.14. The van der Waals surface area contributed by atoms with Gasteiger partial charge in [-0.3, -0.25) is 4.79 Å². The molecule has 0 aliphatic carbocycles. The van der Waals surface area contributed by atoms with Gasteiger partial charge in [0.05, 0.1) is 5.69 Å². The Kier molecular flexibility index (Phi) is 5.18. The van der Waals surface area contributed by atoms with Crippen LogP contribution in [0.1, 0.15) is 17.0 Å². The van der Waals surface area contributed by atoms with Gasteiger partial charge < -0.3 is 9.88 Å². The normalized spacial score (nSPS) is 11.1. The van der Waals surface area contributed by atoms with Gasteiger partial charge in [-0.1, -0.05) is 30.3 Å². The molecule has 3 rings (SSSR count). The Balaban J connectivity index is 1.94. The van der Waals surface area contributed by atoms with E-state index in [9.17, 15) is 14.4 Å². The van der Waals surface area contributed by atoms with E-state index < -0.39 is 11.7 Å². The number of rotatable bonds is 4. The number of nitrogens with zero attached hydrogens (tertiary/aromatic N) is 2. The van der Waals surface area contributed by atoms with Crippen molar-refractivity contribution in [2.75, 3.05) is 5.32 Å². The van der Waals surface area contributed by atoms with Crippen molar-refractivity contribution in [1.82, 2.24) is 4.57 Å². The molecule has 0 fully saturated rings. The van der Waals surface area contributed by atoms with Crippen molar-refractivity contribution in [2.45, 2.75) is 13.8 Å². The molecule has 0 saturated carbocycles. The third-order valence-electron chi connectivity index (χ3n) is 4.27. The molecule has 0 spiro atoms. The van der Waals surface area contributed by atoms with Gasteiger partial charge in [-0.05, 0) is 55.8 Å². The van der Waals surface area contributed by atoms with Crippen LogP contribution in [0.25, 0.3) is 11.8 Å². The van der Waals surface area contributed by atoms with E-state index in [-0.39, 0.29) is 11.3 Å². The van der Waals surface area contributed by atoms with Gasteiger partial charge in [0, 0.05) is 17.1 Å². The van der Waals surface area contributed by atoms with Crippen molar-refractivity contribution >= 4 is 17.7 Å². The summed E-state index contributed by atoms with van der Waals surface area (Å²) in [4.78, 5) is 12.4. The van der Waals surface area contributed by atoms with Crippen LogP contribution in [-0.4, -0.2) is 10.5 Å². The molecule has 1 heterocycles. The fourth-order valence-electron chi connectivity index (χ4n) is 2.96. The van der Waals surface area contributed by atoms with E-state index in [0.717, 1.165) is 22.6 Å². The first-order chi connectivity index (χ1) is 13.0. The monoisotopic (exact) mass is 359 g/mol. The zero-order chi connectivity index (χ0) is 19.4. The molecular weight excluding hydrogens is 341 g/mol. The first-order valence-electron chi connectivity index (χ1n) is 8.43. The zero-order valence-corrected chi connectivity index (χ0v) is 15.0. The molecule has 0 radical (unpaired) electrons. The van der Waals surface area contributed by atoms with Gasteiger partial charge >= 0.3 is 0 Å². The fraction of sp³-hybridized carbons (Fsp3) is 0.0909. The van der Waals surface area contributed by atoms with Gasteiger partial charge in [0.25, 0.3) is 5.91 Å². The van der Waals surface area contributed by atoms with Gasteiger partial charge in [0.15, 0.2) is 0 Å². The largest absolute Gasteiger partial charge is 0.319 e. The van der Waals surface area contributed by atoms with Crippen LogP contribution in [0.5, 0.6) is 0 Å². The molecule has 2 aromatic carbocycles. The van der Waals surface area contributed by atoms with E-state index in [1.54, 1.807) is 6.07 Å². The van der Waals surface area contributed by atoms with Crippen molar-refractivity contribution in [1.29, 1.82) is 5.26 Å². The summed E-state index contributed by atoms with van der Waals surface area (Å²) < 4.78 is 15.8. The highest BCUT2D eigenvalue weighted by atomic mass is 19.1. The first kappa shape index (κ1) is 18.2. The molecule has 1 aromatic heterocycles. The zero-order valence-electron chi connectivity index (χ0n) is 15.0. The van der Waals surface area contributed by atoms with Crippen molar-refractivity contribution in [3.05, 3.63) is 89.0 Å². The molecule has 134 valence electrons. The second-order valence-electron chi connectivity index (χ2n) is 6.10. The van der Waals surface area contributed by atoms with E-state index in [1.807, 2.05) is 56.3 Å². The number of halogens is 1. The van der Waals surface area contributed by atoms with Crippen LogP contribution in [0.3, 0.4) is 0 Å². The molecule has 0 bridgehead atoms. The van der Waals surface area contributed by atoms with Crippen LogP contribution in [0.15, 0.2) is 66.2 Å². The molecule has 0 saturated heterocycles. The van der Waals surface area contributed by atoms with Crippen LogP contribution in [-0.2, 0) is 4.79 Å². The van der Waals surface area contributed by atoms with Crippen LogP contribution < -0.4 is 5.32 Å². The van der Waals surface area contributed by atoms with Gasteiger partial charge in [0.2, 0.25) is 0 Å². The summed E-state index contributed by atoms with van der Waals surface area (Å²) in [5, 5.41) is 11.9. The Hall–Kier alpha value is -3.65. The highest BCUT2D eigenvalue weighted by Crippen LogP contribution is 2.23. The first-order valence-corrected chi connectivity index (χ1v) is 8.43. The molecule has 0 unspecified atom stereocenters. The van der Waals surface area contributed by atoms with E-state index >= 15 is 0 Å². The molecule has 5 heteroatoms. The number of amides is 1. The van der Waals surface area contributed by atoms with Crippen molar-refractivity contribution in [3.8, 4) is 11.8 Å². The molecule has 0 atom stereocenters. The summed E-state index contributed by atoms with van der Waals surface area (Å²) in [7, 11) is 0. The van der Waals surface area contributed by atoms with Gasteiger partial charge in [-0.15, -0.1) is 0 Å². The minimum absolute atomic E-state index is 0.0402. The molecule has 27 heavy (non-hydrogen) atoms. The van der Waals surface area contributed by atoms with E-state index in [2.05, 4.69) is 9.88 Å². The quantitative estimate of drug-likeness (QED) is 0.538. The van der Waals surface area contributed by atoms with E-state index in [0.29, 0.717) is 0 Å². The molecule has 1 amide bonds. The highest BCUT2D eigenvalue weighted by molar-refractivity contribution is 6.09. The predicted octanol–water partition coefficient (Wildman–Crippen LogP) is 4.78. The number of carbonyl (C=O) groups is 1. The van der Waals surface area contributed by atoms with Crippen LogP contribution >= 0.6 is 0 Å². The maximum absolute atomic E-state index is 13.7. The number of aryl methyl sites for hydroxylation is 1. The number of nitrogens with one attached hydrogen (secondary N) is 1. The molecule has 1 N–H and O–H groups in total. The minimum Gasteiger partial charge on any atom is -0.319 e. The second-order valence-corrected chi connectivity index (χ2v) is 6.10. The molecule has 0 aliphatic heterocycles. The summed E-state index contributed by atoms with van der Waals surface area (Å²) in [6, 6.07) is 19.5. The Bertz CT molecular complexity index is 1060. The lowest BCUT2D eigenvalue weighted by molar-refractivity contribution is -0.112. The number of benzene rings is 2. The van der Waals surface area contributed by atoms with Gasteiger partial charge in [0.1, 0.15) is 17.5 Å². The van der Waals surface area contributed by atoms with E-state index in [1.165, 1.54) is 24.3 Å². The Labute approximate surface area is 157 Å². The van der Waals surface area contributed by atoms with Crippen LogP contribution in [0.2, 0.25) is 0 Å². The van der Waals surface area contributed by atoms with Crippen LogP contribution in [0.4, 0.5) is 10.1 Å². The van der Waals surface area contributed by atoms with Crippen molar-refractivity contribution in [2.24, 2.45) is 0 Å². The smallest absolute Gasteiger partial charge is 0.266 e. The molecule has 0 aliphatic rings. The maximum Gasteiger partial charge on any atom is 0.266 e. The van der Waals surface area contributed by atoms with Crippen molar-refractivity contribution in [3.63, 3.8) is 0 Å². The number of hydrogen-bond acceptors (Lipinski definition) is 2. The molecular formula is C22H18FN3O. The molecule has 4 nitrogen and oxygen atoms in total. The Morgan fingerprint density at radius 1 is 1.11 bits per heavy atom. The third kappa shape index (κ3) is 3.80. The van der Waals surface area contributed by atoms with Crippen LogP contribution in [0, 0.1) is 31.0 Å². The Morgan fingerprint density at radius 3 is 2.44 bits per heavy atom.